The van der Waals surface area contributed by atoms with E-state index in [0.717, 1.165) is 59.9 Å². The van der Waals surface area contributed by atoms with Gasteiger partial charge in [-0.3, -0.25) is 19.2 Å². The van der Waals surface area contributed by atoms with Gasteiger partial charge in [0.1, 0.15) is 54.9 Å². The minimum absolute atomic E-state index is 0.00733. The Hall–Kier alpha value is -7.15. The zero-order valence-corrected chi connectivity index (χ0v) is 55.2. The van der Waals surface area contributed by atoms with Gasteiger partial charge in [0.2, 0.25) is 5.91 Å². The Kier molecular flexibility index (Phi) is 31.3. The molecule has 8 rings (SSSR count). The smallest absolute Gasteiger partial charge is 0.306 e. The van der Waals surface area contributed by atoms with Crippen LogP contribution in [-0.2, 0) is 119 Å². The van der Waals surface area contributed by atoms with Gasteiger partial charge in [0, 0.05) is 37.2 Å². The first-order chi connectivity index (χ1) is 46.5. The zero-order chi connectivity index (χ0) is 67.0. The van der Waals surface area contributed by atoms with Gasteiger partial charge in [-0.1, -0.05) is 223 Å². The van der Waals surface area contributed by atoms with Crippen LogP contribution in [0.15, 0.2) is 157 Å². The summed E-state index contributed by atoms with van der Waals surface area (Å²) in [5, 5.41) is 6.99. The summed E-state index contributed by atoms with van der Waals surface area (Å²) < 4.78 is 95.5. The molecule has 514 valence electrons. The molecule has 3 heterocycles. The van der Waals surface area contributed by atoms with E-state index in [9.17, 15) is 24.7 Å². The third-order valence-corrected chi connectivity index (χ3v) is 16.5. The molecule has 5 aromatic carbocycles. The van der Waals surface area contributed by atoms with Crippen LogP contribution in [0.3, 0.4) is 0 Å². The van der Waals surface area contributed by atoms with Gasteiger partial charge < -0.3 is 71.6 Å². The summed E-state index contributed by atoms with van der Waals surface area (Å²) in [5.74, 6) is -2.61. The summed E-state index contributed by atoms with van der Waals surface area (Å²) in [6.45, 7) is 8.86. The molecule has 0 saturated carbocycles. The second-order valence-corrected chi connectivity index (χ2v) is 23.5. The van der Waals surface area contributed by atoms with Crippen molar-refractivity contribution in [3.8, 4) is 0 Å². The molecule has 1 amide bonds. The van der Waals surface area contributed by atoms with Crippen LogP contribution in [0.5, 0.6) is 0 Å². The Morgan fingerprint density at radius 2 is 0.842 bits per heavy atom. The summed E-state index contributed by atoms with van der Waals surface area (Å²) >= 11 is 0. The lowest BCUT2D eigenvalue weighted by Crippen LogP contribution is -2.70. The predicted octanol–water partition coefficient (Wildman–Crippen LogP) is 11.7. The number of benzene rings is 5. The van der Waals surface area contributed by atoms with Crippen LogP contribution in [0.4, 0.5) is 0 Å². The molecule has 0 aliphatic carbocycles. The SMILES string of the molecule is CCCCCCCCO[C@H]1O[C@H](COCc2ccccc2)[C@@H](OCc2ccccc2)[C@H](OCc2ccccc2)[C@@H]1O[C@@H]1O[C@H](COCc2ccccc2)[C@@H](O[C@@H]2O[C@H](CN=[N+]=[N-])[C@H](OC(=O)CC)[C@H](OC(=O)CC)[C@H]2OC(=O)CC)[C@H](OCc2ccccc2)[C@H]1NC(=O)CC. The van der Waals surface area contributed by atoms with E-state index < -0.39 is 122 Å². The highest BCUT2D eigenvalue weighted by atomic mass is 16.8. The number of rotatable bonds is 39. The molecule has 3 aliphatic rings. The fourth-order valence-electron chi connectivity index (χ4n) is 11.4. The van der Waals surface area contributed by atoms with Gasteiger partial charge in [-0.15, -0.1) is 0 Å². The number of hydrogen-bond acceptors (Lipinski definition) is 19. The standard InChI is InChI=1S/C73H94N4O18/c1-6-11-12-13-14-30-41-84-72-69(67(87-47-54-39-28-19-29-40-54)63(85-45-52-35-24-17-25-36-52)56(90-72)48-82-43-50-31-20-15-21-32-50)95-71-62(76-58(78)7-2)66(86-46-53-37-26-18-27-38-53)65(57(89-71)49-83-44-51-33-22-16-23-34-51)94-73-70(93-61(81)10-5)68(92-60(80)9-4)64(91-59(79)8-3)55(88-73)42-75-77-74/h15-29,31-40,55-57,62-73H,6-14,30,41-49H2,1-5H3,(H,76,78)/t55-,56-,57-,62-,63-,64+,65-,66-,67+,68+,69+,70-,71+,72+,73+/m1/s1. The highest BCUT2D eigenvalue weighted by Gasteiger charge is 2.58. The highest BCUT2D eigenvalue weighted by molar-refractivity contribution is 5.76. The van der Waals surface area contributed by atoms with Crippen LogP contribution in [-0.4, -0.2) is 142 Å². The van der Waals surface area contributed by atoms with E-state index in [4.69, 9.17) is 66.3 Å². The first-order valence-electron chi connectivity index (χ1n) is 33.5. The van der Waals surface area contributed by atoms with Gasteiger partial charge in [0.05, 0.1) is 52.8 Å². The van der Waals surface area contributed by atoms with Gasteiger partial charge in [0.25, 0.3) is 0 Å². The third-order valence-electron chi connectivity index (χ3n) is 16.5. The van der Waals surface area contributed by atoms with E-state index in [1.165, 1.54) is 0 Å². The molecule has 3 fully saturated rings. The molecule has 22 nitrogen and oxygen atoms in total. The lowest BCUT2D eigenvalue weighted by Gasteiger charge is -2.51. The Bertz CT molecular complexity index is 3060. The zero-order valence-electron chi connectivity index (χ0n) is 55.2. The van der Waals surface area contributed by atoms with Crippen molar-refractivity contribution in [3.05, 3.63) is 190 Å². The number of carbonyl (C=O) groups is 4. The topological polar surface area (TPSA) is 258 Å². The normalized spacial score (nSPS) is 25.8. The molecule has 3 aliphatic heterocycles. The third kappa shape index (κ3) is 23.0. The number of ether oxygens (including phenoxy) is 14. The summed E-state index contributed by atoms with van der Waals surface area (Å²) in [6, 6.07) is 46.9. The highest BCUT2D eigenvalue weighted by Crippen LogP contribution is 2.39. The lowest BCUT2D eigenvalue weighted by molar-refractivity contribution is -0.380. The van der Waals surface area contributed by atoms with E-state index in [-0.39, 0.29) is 78.5 Å². The van der Waals surface area contributed by atoms with Crippen molar-refractivity contribution >= 4 is 23.8 Å². The number of unbranched alkanes of at least 4 members (excludes halogenated alkanes) is 5. The molecule has 5 aromatic rings. The summed E-state index contributed by atoms with van der Waals surface area (Å²) in [5.41, 5.74) is 14.0. The second-order valence-electron chi connectivity index (χ2n) is 23.5. The molecule has 0 bridgehead atoms. The van der Waals surface area contributed by atoms with Crippen LogP contribution >= 0.6 is 0 Å². The molecule has 0 unspecified atom stereocenters. The van der Waals surface area contributed by atoms with Crippen molar-refractivity contribution in [2.24, 2.45) is 5.11 Å². The van der Waals surface area contributed by atoms with E-state index in [0.29, 0.717) is 6.42 Å². The average Bonchev–Trinajstić information content (AvgIpc) is 0.774. The molecule has 3 saturated heterocycles. The van der Waals surface area contributed by atoms with E-state index in [1.54, 1.807) is 27.7 Å². The van der Waals surface area contributed by atoms with Crippen LogP contribution in [0.1, 0.15) is 127 Å². The fourth-order valence-corrected chi connectivity index (χ4v) is 11.4. The number of carbonyl (C=O) groups excluding carboxylic acids is 4. The van der Waals surface area contributed by atoms with Crippen molar-refractivity contribution in [1.29, 1.82) is 0 Å². The molecule has 15 atom stereocenters. The van der Waals surface area contributed by atoms with Gasteiger partial charge in [-0.2, -0.15) is 0 Å². The van der Waals surface area contributed by atoms with Crippen molar-refractivity contribution in [3.63, 3.8) is 0 Å². The molecule has 0 radical (unpaired) electrons. The number of nitrogens with zero attached hydrogens (tertiary/aromatic N) is 3. The van der Waals surface area contributed by atoms with Crippen LogP contribution < -0.4 is 5.32 Å². The maximum atomic E-state index is 14.4. The van der Waals surface area contributed by atoms with Crippen molar-refractivity contribution in [2.75, 3.05) is 26.4 Å². The largest absolute Gasteiger partial charge is 0.455 e. The van der Waals surface area contributed by atoms with Crippen LogP contribution in [0.2, 0.25) is 0 Å². The second kappa shape index (κ2) is 40.4. The summed E-state index contributed by atoms with van der Waals surface area (Å²) in [4.78, 5) is 57.9. The van der Waals surface area contributed by atoms with Crippen LogP contribution in [0.25, 0.3) is 10.4 Å². The molecule has 95 heavy (non-hydrogen) atoms. The number of hydrogen-bond donors (Lipinski definition) is 1. The minimum atomic E-state index is -1.71. The Morgan fingerprint density at radius 1 is 0.421 bits per heavy atom. The van der Waals surface area contributed by atoms with Crippen molar-refractivity contribution in [1.82, 2.24) is 5.32 Å². The van der Waals surface area contributed by atoms with Gasteiger partial charge in [-0.05, 0) is 39.8 Å². The maximum Gasteiger partial charge on any atom is 0.306 e. The number of azide groups is 1. The number of esters is 3. The van der Waals surface area contributed by atoms with Gasteiger partial charge in [-0.25, -0.2) is 0 Å². The van der Waals surface area contributed by atoms with E-state index in [2.05, 4.69) is 22.3 Å². The first-order valence-corrected chi connectivity index (χ1v) is 33.5. The monoisotopic (exact) mass is 1310 g/mol. The number of nitrogens with one attached hydrogen (secondary N) is 1. The van der Waals surface area contributed by atoms with E-state index >= 15 is 0 Å². The molecule has 1 N–H and O–H groups in total. The fraction of sp³-hybridized carbons (Fsp3) is 0.534. The molecular weight excluding hydrogens is 1220 g/mol. The quantitative estimate of drug-likeness (QED) is 0.00957. The van der Waals surface area contributed by atoms with E-state index in [1.807, 2.05) is 152 Å². The summed E-state index contributed by atoms with van der Waals surface area (Å²) in [7, 11) is 0. The first kappa shape index (κ1) is 73.7. The minimum Gasteiger partial charge on any atom is -0.455 e. The van der Waals surface area contributed by atoms with Crippen LogP contribution in [0, 0.1) is 0 Å². The average molecular weight is 1320 g/mol. The van der Waals surface area contributed by atoms with Crippen molar-refractivity contribution in [2.45, 2.75) is 224 Å². The van der Waals surface area contributed by atoms with Crippen molar-refractivity contribution < 1.29 is 85.5 Å². The number of amides is 1. The molecule has 22 heteroatoms. The molecule has 0 aromatic heterocycles. The summed E-state index contributed by atoms with van der Waals surface area (Å²) in [6.07, 6.45) is -12.5. The maximum absolute atomic E-state index is 14.4. The molecule has 0 spiro atoms. The van der Waals surface area contributed by atoms with Gasteiger partial charge in [0.15, 0.2) is 37.2 Å². The predicted molar refractivity (Wildman–Crippen MR) is 349 cm³/mol. The Balaban J connectivity index is 1.27. The lowest BCUT2D eigenvalue weighted by atomic mass is 9.93. The Morgan fingerprint density at radius 3 is 1.34 bits per heavy atom. The van der Waals surface area contributed by atoms with Gasteiger partial charge >= 0.3 is 17.9 Å². The molecular formula is C73H94N4O18. The Labute approximate surface area is 557 Å².